The molecule has 0 saturated carbocycles. The average molecular weight is 295 g/mol. The molecule has 0 heterocycles. The first kappa shape index (κ1) is 14.3. The largest absolute Gasteiger partial charge is 0.872 e. The summed E-state index contributed by atoms with van der Waals surface area (Å²) in [5, 5.41) is 22.6. The van der Waals surface area contributed by atoms with Gasteiger partial charge in [-0.15, -0.1) is 0 Å². The first-order valence-corrected chi connectivity index (χ1v) is 7.21. The van der Waals surface area contributed by atoms with E-state index in [0.717, 1.165) is 19.3 Å². The van der Waals surface area contributed by atoms with E-state index >= 15 is 0 Å². The Morgan fingerprint density at radius 2 is 2.05 bits per heavy atom. The quantitative estimate of drug-likeness (QED) is 0.495. The Morgan fingerprint density at radius 3 is 2.86 bits per heavy atom. The van der Waals surface area contributed by atoms with Gasteiger partial charge in [-0.25, -0.2) is 0 Å². The van der Waals surface area contributed by atoms with Crippen molar-refractivity contribution >= 4 is 11.9 Å². The van der Waals surface area contributed by atoms with Gasteiger partial charge in [-0.05, 0) is 36.0 Å². The maximum atomic E-state index is 11.8. The van der Waals surface area contributed by atoms with Crippen molar-refractivity contribution in [2.45, 2.75) is 25.3 Å². The third-order valence-electron chi connectivity index (χ3n) is 3.94. The van der Waals surface area contributed by atoms with E-state index in [4.69, 9.17) is 0 Å². The molecule has 0 aromatic heterocycles. The van der Waals surface area contributed by atoms with Crippen molar-refractivity contribution in [3.63, 3.8) is 0 Å². The Bertz CT molecular complexity index is 740. The van der Waals surface area contributed by atoms with E-state index in [9.17, 15) is 15.2 Å². The monoisotopic (exact) mass is 295 g/mol. The summed E-state index contributed by atoms with van der Waals surface area (Å²) >= 11 is 0. The number of rotatable bonds is 3. The summed E-state index contributed by atoms with van der Waals surface area (Å²) in [5.41, 5.74) is 2.64. The maximum absolute atomic E-state index is 11.8. The van der Waals surface area contributed by atoms with E-state index in [1.807, 2.05) is 12.1 Å². The lowest BCUT2D eigenvalue weighted by Crippen LogP contribution is -2.08. The fourth-order valence-electron chi connectivity index (χ4n) is 2.80. The van der Waals surface area contributed by atoms with Gasteiger partial charge < -0.3 is 5.11 Å². The minimum atomic E-state index is -0.507. The van der Waals surface area contributed by atoms with Crippen LogP contribution in [0, 0.1) is 10.1 Å². The van der Waals surface area contributed by atoms with Crippen LogP contribution in [0.25, 0.3) is 0 Å². The first-order chi connectivity index (χ1) is 10.6. The van der Waals surface area contributed by atoms with Gasteiger partial charge in [0.25, 0.3) is 5.69 Å². The van der Waals surface area contributed by atoms with Crippen LogP contribution in [0.2, 0.25) is 0 Å². The van der Waals surface area contributed by atoms with Crippen LogP contribution < -0.4 is 5.11 Å². The molecule has 1 aliphatic rings. The molecular weight excluding hydrogens is 280 g/mol. The van der Waals surface area contributed by atoms with Crippen molar-refractivity contribution in [1.29, 1.82) is 0 Å². The molecule has 0 amide bonds. The fourth-order valence-corrected chi connectivity index (χ4v) is 2.80. The number of hydrogen-bond acceptors (Lipinski definition) is 4. The molecule has 0 unspecified atom stereocenters. The minimum absolute atomic E-state index is 0.0172. The summed E-state index contributed by atoms with van der Waals surface area (Å²) in [5.74, 6) is -0.251. The molecule has 1 atom stereocenters. The van der Waals surface area contributed by atoms with Crippen LogP contribution in [0.5, 0.6) is 5.75 Å². The van der Waals surface area contributed by atoms with Crippen molar-refractivity contribution in [2.75, 3.05) is 0 Å². The predicted molar refractivity (Wildman–Crippen MR) is 82.3 cm³/mol. The highest BCUT2D eigenvalue weighted by molar-refractivity contribution is 5.84. The summed E-state index contributed by atoms with van der Waals surface area (Å²) in [6, 6.07) is 11.9. The molecule has 0 N–H and O–H groups in total. The number of nitro benzene ring substituents is 1. The number of aliphatic imine (C=N–C) groups is 1. The van der Waals surface area contributed by atoms with Gasteiger partial charge in [-0.1, -0.05) is 36.1 Å². The molecule has 0 spiro atoms. The lowest BCUT2D eigenvalue weighted by Gasteiger charge is -2.22. The van der Waals surface area contributed by atoms with Crippen LogP contribution in [0.3, 0.4) is 0 Å². The molecule has 0 radical (unpaired) electrons. The summed E-state index contributed by atoms with van der Waals surface area (Å²) in [7, 11) is 0. The molecule has 5 nitrogen and oxygen atoms in total. The molecule has 5 heteroatoms. The van der Waals surface area contributed by atoms with Gasteiger partial charge in [0.15, 0.2) is 0 Å². The Balaban J connectivity index is 1.89. The summed E-state index contributed by atoms with van der Waals surface area (Å²) < 4.78 is 0. The molecule has 0 saturated heterocycles. The molecule has 2 aromatic rings. The van der Waals surface area contributed by atoms with Gasteiger partial charge in [0.1, 0.15) is 0 Å². The lowest BCUT2D eigenvalue weighted by molar-refractivity contribution is -0.385. The molecule has 22 heavy (non-hydrogen) atoms. The molecule has 1 aliphatic carbocycles. The highest BCUT2D eigenvalue weighted by Crippen LogP contribution is 2.32. The van der Waals surface area contributed by atoms with E-state index in [1.165, 1.54) is 35.5 Å². The van der Waals surface area contributed by atoms with E-state index in [0.29, 0.717) is 0 Å². The maximum Gasteiger partial charge on any atom is 0.270 e. The highest BCUT2D eigenvalue weighted by atomic mass is 16.6. The number of non-ortho nitro benzene ring substituents is 1. The second kappa shape index (κ2) is 5.97. The molecule has 0 fully saturated rings. The second-order valence-electron chi connectivity index (χ2n) is 5.36. The Labute approximate surface area is 128 Å². The van der Waals surface area contributed by atoms with E-state index in [1.54, 1.807) is 0 Å². The molecule has 3 rings (SSSR count). The molecular formula is C17H15N2O3-. The van der Waals surface area contributed by atoms with Gasteiger partial charge >= 0.3 is 0 Å². The van der Waals surface area contributed by atoms with Gasteiger partial charge in [0.2, 0.25) is 0 Å². The Kier molecular flexibility index (Phi) is 3.87. The number of hydrogen-bond donors (Lipinski definition) is 0. The van der Waals surface area contributed by atoms with E-state index in [-0.39, 0.29) is 23.0 Å². The van der Waals surface area contributed by atoms with E-state index < -0.39 is 4.92 Å². The number of aryl methyl sites for hydroxylation is 1. The normalized spacial score (nSPS) is 17.4. The number of nitro groups is 1. The topological polar surface area (TPSA) is 78.6 Å². The first-order valence-electron chi connectivity index (χ1n) is 7.21. The van der Waals surface area contributed by atoms with Crippen molar-refractivity contribution in [3.8, 4) is 5.75 Å². The Hall–Kier alpha value is -2.69. The van der Waals surface area contributed by atoms with Crippen molar-refractivity contribution in [3.05, 3.63) is 69.3 Å². The SMILES string of the molecule is O=[N+]([O-])c1ccc([O-])c(C=N[C@H]2CCCc3ccccc32)c1. The van der Waals surface area contributed by atoms with Crippen LogP contribution in [0.4, 0.5) is 5.69 Å². The van der Waals surface area contributed by atoms with Gasteiger partial charge in [0, 0.05) is 18.3 Å². The second-order valence-corrected chi connectivity index (χ2v) is 5.36. The molecule has 2 aromatic carbocycles. The van der Waals surface area contributed by atoms with Crippen molar-refractivity contribution in [2.24, 2.45) is 4.99 Å². The van der Waals surface area contributed by atoms with E-state index in [2.05, 4.69) is 17.1 Å². The zero-order valence-corrected chi connectivity index (χ0v) is 11.9. The lowest BCUT2D eigenvalue weighted by atomic mass is 9.88. The smallest absolute Gasteiger partial charge is 0.270 e. The number of benzene rings is 2. The summed E-state index contributed by atoms with van der Waals surface area (Å²) in [4.78, 5) is 14.8. The number of fused-ring (bicyclic) bond motifs is 1. The predicted octanol–water partition coefficient (Wildman–Crippen LogP) is 3.16. The molecule has 0 bridgehead atoms. The molecule has 0 aliphatic heterocycles. The van der Waals surface area contributed by atoms with Crippen LogP contribution in [-0.2, 0) is 6.42 Å². The van der Waals surface area contributed by atoms with Gasteiger partial charge in [-0.2, -0.15) is 0 Å². The highest BCUT2D eigenvalue weighted by Gasteiger charge is 2.18. The Morgan fingerprint density at radius 1 is 1.23 bits per heavy atom. The average Bonchev–Trinajstić information content (AvgIpc) is 2.54. The van der Waals surface area contributed by atoms with Crippen LogP contribution in [0.1, 0.15) is 35.6 Å². The zero-order chi connectivity index (χ0) is 15.5. The number of nitrogens with zero attached hydrogens (tertiary/aromatic N) is 2. The van der Waals surface area contributed by atoms with Crippen LogP contribution in [0.15, 0.2) is 47.5 Å². The van der Waals surface area contributed by atoms with Gasteiger partial charge in [0.05, 0.1) is 11.0 Å². The zero-order valence-electron chi connectivity index (χ0n) is 11.9. The minimum Gasteiger partial charge on any atom is -0.872 e. The van der Waals surface area contributed by atoms with Crippen LogP contribution in [-0.4, -0.2) is 11.1 Å². The summed E-state index contributed by atoms with van der Waals surface area (Å²) in [6.45, 7) is 0. The molecule has 112 valence electrons. The van der Waals surface area contributed by atoms with Gasteiger partial charge in [-0.3, -0.25) is 15.1 Å². The third-order valence-corrected chi connectivity index (χ3v) is 3.94. The summed E-state index contributed by atoms with van der Waals surface area (Å²) in [6.07, 6.45) is 4.50. The van der Waals surface area contributed by atoms with Crippen LogP contribution >= 0.6 is 0 Å². The fraction of sp³-hybridized carbons (Fsp3) is 0.235. The van der Waals surface area contributed by atoms with Crippen molar-refractivity contribution in [1.82, 2.24) is 0 Å². The third kappa shape index (κ3) is 2.83. The van der Waals surface area contributed by atoms with Crippen molar-refractivity contribution < 1.29 is 10.0 Å². The standard InChI is InChI=1S/C17H16N2O3/c20-17-9-8-14(19(21)22)10-13(17)11-18-16-7-3-5-12-4-1-2-6-15(12)16/h1-2,4,6,8-11,16,20H,3,5,7H2/p-1/t16-/m0/s1.